The van der Waals surface area contributed by atoms with Gasteiger partial charge in [-0.15, -0.1) is 0 Å². The zero-order valence-corrected chi connectivity index (χ0v) is 13.3. The topological polar surface area (TPSA) is 74.8 Å². The van der Waals surface area contributed by atoms with Crippen molar-refractivity contribution in [1.29, 1.82) is 0 Å². The Morgan fingerprint density at radius 3 is 2.96 bits per heavy atom. The van der Waals surface area contributed by atoms with Gasteiger partial charge in [0.2, 0.25) is 0 Å². The second-order valence-corrected chi connectivity index (χ2v) is 6.12. The highest BCUT2D eigenvalue weighted by molar-refractivity contribution is 6.08. The number of hydrogen-bond acceptors (Lipinski definition) is 3. The SMILES string of the molecule is Cc1c(C(=O)Nc2ccc3ncccc3c2)[nH]c2c1C(=O)CCC2. The van der Waals surface area contributed by atoms with Crippen LogP contribution in [0.4, 0.5) is 5.69 Å². The van der Waals surface area contributed by atoms with Crippen molar-refractivity contribution in [2.75, 3.05) is 5.32 Å². The van der Waals surface area contributed by atoms with Gasteiger partial charge in [0.05, 0.1) is 5.52 Å². The van der Waals surface area contributed by atoms with Gasteiger partial charge in [0.25, 0.3) is 5.91 Å². The molecule has 0 saturated heterocycles. The summed E-state index contributed by atoms with van der Waals surface area (Å²) in [6.07, 6.45) is 3.95. The molecule has 0 aliphatic heterocycles. The van der Waals surface area contributed by atoms with Crippen molar-refractivity contribution in [3.05, 3.63) is 59.0 Å². The van der Waals surface area contributed by atoms with Gasteiger partial charge < -0.3 is 10.3 Å². The third-order valence-corrected chi connectivity index (χ3v) is 4.53. The lowest BCUT2D eigenvalue weighted by atomic mass is 9.94. The minimum Gasteiger partial charge on any atom is -0.354 e. The Morgan fingerprint density at radius 1 is 1.25 bits per heavy atom. The number of anilines is 1. The van der Waals surface area contributed by atoms with Crippen LogP contribution in [0.25, 0.3) is 10.9 Å². The highest BCUT2D eigenvalue weighted by Crippen LogP contribution is 2.27. The Labute approximate surface area is 139 Å². The molecular formula is C19H17N3O2. The number of rotatable bonds is 2. The third kappa shape index (κ3) is 2.38. The van der Waals surface area contributed by atoms with Gasteiger partial charge in [0.1, 0.15) is 5.69 Å². The number of aromatic nitrogens is 2. The van der Waals surface area contributed by atoms with Gasteiger partial charge >= 0.3 is 0 Å². The van der Waals surface area contributed by atoms with Crippen LogP contribution in [-0.2, 0) is 6.42 Å². The first-order valence-electron chi connectivity index (χ1n) is 8.04. The van der Waals surface area contributed by atoms with Crippen LogP contribution in [0.1, 0.15) is 44.9 Å². The van der Waals surface area contributed by atoms with Crippen molar-refractivity contribution in [2.24, 2.45) is 0 Å². The Bertz CT molecular complexity index is 972. The molecule has 1 aromatic carbocycles. The van der Waals surface area contributed by atoms with Crippen molar-refractivity contribution < 1.29 is 9.59 Å². The van der Waals surface area contributed by atoms with Crippen LogP contribution in [0.15, 0.2) is 36.5 Å². The van der Waals surface area contributed by atoms with E-state index in [1.165, 1.54) is 0 Å². The van der Waals surface area contributed by atoms with E-state index in [4.69, 9.17) is 0 Å². The van der Waals surface area contributed by atoms with E-state index in [-0.39, 0.29) is 11.7 Å². The highest BCUT2D eigenvalue weighted by Gasteiger charge is 2.26. The molecular weight excluding hydrogens is 302 g/mol. The normalized spacial score (nSPS) is 13.8. The predicted octanol–water partition coefficient (Wildman–Crippen LogP) is 3.64. The van der Waals surface area contributed by atoms with Crippen LogP contribution in [0.5, 0.6) is 0 Å². The van der Waals surface area contributed by atoms with Crippen LogP contribution < -0.4 is 5.32 Å². The van der Waals surface area contributed by atoms with Gasteiger partial charge in [-0.25, -0.2) is 0 Å². The Kier molecular flexibility index (Phi) is 3.41. The Morgan fingerprint density at radius 2 is 2.12 bits per heavy atom. The zero-order valence-electron chi connectivity index (χ0n) is 13.3. The molecule has 120 valence electrons. The van der Waals surface area contributed by atoms with Gasteiger partial charge in [-0.05, 0) is 49.6 Å². The molecule has 1 aliphatic carbocycles. The van der Waals surface area contributed by atoms with E-state index in [2.05, 4.69) is 15.3 Å². The summed E-state index contributed by atoms with van der Waals surface area (Å²) in [6.45, 7) is 1.83. The van der Waals surface area contributed by atoms with Crippen LogP contribution in [0, 0.1) is 6.92 Å². The van der Waals surface area contributed by atoms with Gasteiger partial charge in [-0.2, -0.15) is 0 Å². The lowest BCUT2D eigenvalue weighted by molar-refractivity contribution is 0.0971. The number of benzene rings is 1. The maximum absolute atomic E-state index is 12.6. The quantitative estimate of drug-likeness (QED) is 0.757. The van der Waals surface area contributed by atoms with E-state index >= 15 is 0 Å². The zero-order chi connectivity index (χ0) is 16.7. The molecule has 0 radical (unpaired) electrons. The summed E-state index contributed by atoms with van der Waals surface area (Å²) in [5.41, 5.74) is 4.40. The summed E-state index contributed by atoms with van der Waals surface area (Å²) in [7, 11) is 0. The van der Waals surface area contributed by atoms with Crippen molar-refractivity contribution in [3.63, 3.8) is 0 Å². The smallest absolute Gasteiger partial charge is 0.272 e. The van der Waals surface area contributed by atoms with Crippen LogP contribution >= 0.6 is 0 Å². The Hall–Kier alpha value is -2.95. The van der Waals surface area contributed by atoms with E-state index in [1.54, 1.807) is 6.20 Å². The number of pyridine rings is 1. The minimum atomic E-state index is -0.224. The van der Waals surface area contributed by atoms with E-state index in [0.29, 0.717) is 23.4 Å². The average Bonchev–Trinajstić information content (AvgIpc) is 2.93. The van der Waals surface area contributed by atoms with Crippen LogP contribution in [-0.4, -0.2) is 21.7 Å². The second-order valence-electron chi connectivity index (χ2n) is 6.12. The number of nitrogens with one attached hydrogen (secondary N) is 2. The van der Waals surface area contributed by atoms with E-state index < -0.39 is 0 Å². The first-order chi connectivity index (χ1) is 11.6. The maximum atomic E-state index is 12.6. The summed E-state index contributed by atoms with van der Waals surface area (Å²) >= 11 is 0. The fourth-order valence-electron chi connectivity index (χ4n) is 3.35. The number of hydrogen-bond donors (Lipinski definition) is 2. The molecule has 2 aromatic heterocycles. The lowest BCUT2D eigenvalue weighted by Crippen LogP contribution is -2.14. The molecule has 0 unspecified atom stereocenters. The molecule has 0 atom stereocenters. The molecule has 2 N–H and O–H groups in total. The van der Waals surface area contributed by atoms with E-state index in [0.717, 1.165) is 35.0 Å². The number of amides is 1. The number of fused-ring (bicyclic) bond motifs is 2. The van der Waals surface area contributed by atoms with Crippen molar-refractivity contribution in [3.8, 4) is 0 Å². The monoisotopic (exact) mass is 319 g/mol. The van der Waals surface area contributed by atoms with Crippen molar-refractivity contribution >= 4 is 28.3 Å². The molecule has 3 aromatic rings. The molecule has 5 heteroatoms. The van der Waals surface area contributed by atoms with Crippen molar-refractivity contribution in [2.45, 2.75) is 26.2 Å². The average molecular weight is 319 g/mol. The lowest BCUT2D eigenvalue weighted by Gasteiger charge is -2.09. The molecule has 4 rings (SSSR count). The summed E-state index contributed by atoms with van der Waals surface area (Å²) in [6, 6.07) is 9.42. The van der Waals surface area contributed by atoms with Gasteiger partial charge in [0.15, 0.2) is 5.78 Å². The molecule has 1 amide bonds. The van der Waals surface area contributed by atoms with Gasteiger partial charge in [0, 0.05) is 34.9 Å². The predicted molar refractivity (Wildman–Crippen MR) is 92.5 cm³/mol. The fourth-order valence-corrected chi connectivity index (χ4v) is 3.35. The number of aryl methyl sites for hydroxylation is 1. The molecule has 24 heavy (non-hydrogen) atoms. The summed E-state index contributed by atoms with van der Waals surface area (Å²) < 4.78 is 0. The number of H-pyrrole nitrogens is 1. The number of carbonyl (C=O) groups is 2. The number of aromatic amines is 1. The molecule has 0 spiro atoms. The summed E-state index contributed by atoms with van der Waals surface area (Å²) in [5.74, 6) is -0.0984. The van der Waals surface area contributed by atoms with Crippen molar-refractivity contribution in [1.82, 2.24) is 9.97 Å². The standard InChI is InChI=1S/C19H17N3O2/c1-11-17-15(5-2-6-16(17)23)22-18(11)19(24)21-13-7-8-14-12(10-13)4-3-9-20-14/h3-4,7-10,22H,2,5-6H2,1H3,(H,21,24). The first kappa shape index (κ1) is 14.6. The largest absolute Gasteiger partial charge is 0.354 e. The molecule has 0 fully saturated rings. The van der Waals surface area contributed by atoms with Crippen LogP contribution in [0.2, 0.25) is 0 Å². The molecule has 0 bridgehead atoms. The summed E-state index contributed by atoms with van der Waals surface area (Å²) in [4.78, 5) is 32.1. The number of Topliss-reactive ketones (excluding diaryl/α,β-unsaturated/α-hetero) is 1. The van der Waals surface area contributed by atoms with Gasteiger partial charge in [-0.3, -0.25) is 14.6 Å². The second kappa shape index (κ2) is 5.60. The maximum Gasteiger partial charge on any atom is 0.272 e. The molecule has 2 heterocycles. The van der Waals surface area contributed by atoms with E-state index in [9.17, 15) is 9.59 Å². The minimum absolute atomic E-state index is 0.126. The fraction of sp³-hybridized carbons (Fsp3) is 0.211. The molecule has 0 saturated carbocycles. The number of carbonyl (C=O) groups excluding carboxylic acids is 2. The summed E-state index contributed by atoms with van der Waals surface area (Å²) in [5, 5.41) is 3.87. The van der Waals surface area contributed by atoms with Crippen LogP contribution in [0.3, 0.4) is 0 Å². The molecule has 1 aliphatic rings. The first-order valence-corrected chi connectivity index (χ1v) is 8.04. The van der Waals surface area contributed by atoms with E-state index in [1.807, 2.05) is 37.3 Å². The number of nitrogens with zero attached hydrogens (tertiary/aromatic N) is 1. The molecule has 5 nitrogen and oxygen atoms in total. The van der Waals surface area contributed by atoms with Gasteiger partial charge in [-0.1, -0.05) is 6.07 Å². The number of ketones is 1. The highest BCUT2D eigenvalue weighted by atomic mass is 16.2. The Balaban J connectivity index is 1.65. The third-order valence-electron chi connectivity index (χ3n) is 4.53.